The number of alkyl halides is 3. The van der Waals surface area contributed by atoms with Crippen LogP contribution < -0.4 is 4.90 Å². The van der Waals surface area contributed by atoms with Crippen molar-refractivity contribution < 1.29 is 22.8 Å². The molecule has 2 heterocycles. The number of pyridine rings is 1. The molecule has 1 atom stereocenters. The van der Waals surface area contributed by atoms with Crippen molar-refractivity contribution in [2.24, 2.45) is 0 Å². The number of anilines is 1. The molecule has 10 heteroatoms. The largest absolute Gasteiger partial charge is 0.446 e. The molecule has 2 aromatic carbocycles. The van der Waals surface area contributed by atoms with Gasteiger partial charge >= 0.3 is 11.5 Å². The molecule has 3 aromatic rings. The van der Waals surface area contributed by atoms with Crippen LogP contribution in [0.25, 0.3) is 10.9 Å². The third-order valence-electron chi connectivity index (χ3n) is 4.95. The lowest BCUT2D eigenvalue weighted by atomic mass is 10.1. The van der Waals surface area contributed by atoms with E-state index < -0.39 is 23.5 Å². The van der Waals surface area contributed by atoms with Crippen molar-refractivity contribution in [3.63, 3.8) is 0 Å². The Morgan fingerprint density at radius 2 is 1.81 bits per heavy atom. The first-order valence-electron chi connectivity index (χ1n) is 9.17. The Morgan fingerprint density at radius 3 is 2.48 bits per heavy atom. The Labute approximate surface area is 184 Å². The zero-order valence-corrected chi connectivity index (χ0v) is 17.6. The molecule has 3 amide bonds. The van der Waals surface area contributed by atoms with E-state index in [2.05, 4.69) is 4.98 Å². The van der Waals surface area contributed by atoms with Gasteiger partial charge in [-0.1, -0.05) is 17.7 Å². The molecule has 1 unspecified atom stereocenters. The number of rotatable bonds is 4. The van der Waals surface area contributed by atoms with Gasteiger partial charge in [-0.2, -0.15) is 13.2 Å². The molecule has 1 aliphatic heterocycles. The summed E-state index contributed by atoms with van der Waals surface area (Å²) >= 11 is 5.76. The first kappa shape index (κ1) is 21.5. The minimum atomic E-state index is -4.41. The van der Waals surface area contributed by atoms with Crippen LogP contribution in [0.15, 0.2) is 59.6 Å². The number of urea groups is 1. The normalized spacial score (nSPS) is 17.1. The minimum absolute atomic E-state index is 0.0258. The van der Waals surface area contributed by atoms with Gasteiger partial charge in [0.05, 0.1) is 11.2 Å². The maximum atomic E-state index is 13.0. The summed E-state index contributed by atoms with van der Waals surface area (Å²) < 4.78 is 37.6. The van der Waals surface area contributed by atoms with Gasteiger partial charge in [0, 0.05) is 28.0 Å². The molecule has 0 N–H and O–H groups in total. The fraction of sp³-hybridized carbons (Fsp3) is 0.190. The van der Waals surface area contributed by atoms with Crippen molar-refractivity contribution in [2.45, 2.75) is 29.9 Å². The highest BCUT2D eigenvalue weighted by Crippen LogP contribution is 2.38. The number of hydrogen-bond donors (Lipinski definition) is 0. The number of benzene rings is 2. The number of halogens is 4. The first-order chi connectivity index (χ1) is 14.6. The second kappa shape index (κ2) is 8.05. The maximum Gasteiger partial charge on any atom is 0.446 e. The number of carbonyl (C=O) groups excluding carboxylic acids is 2. The minimum Gasteiger partial charge on any atom is -0.308 e. The van der Waals surface area contributed by atoms with Crippen molar-refractivity contribution >= 4 is 51.9 Å². The molecule has 0 radical (unpaired) electrons. The van der Waals surface area contributed by atoms with E-state index in [0.29, 0.717) is 10.5 Å². The molecule has 1 aromatic heterocycles. The van der Waals surface area contributed by atoms with Crippen LogP contribution in [0.2, 0.25) is 5.02 Å². The zero-order valence-electron chi connectivity index (χ0n) is 16.1. The molecular weight excluding hydrogens is 451 g/mol. The van der Waals surface area contributed by atoms with Gasteiger partial charge in [-0.15, -0.1) is 0 Å². The van der Waals surface area contributed by atoms with Crippen LogP contribution in [0.5, 0.6) is 0 Å². The Balaban J connectivity index is 1.60. The topological polar surface area (TPSA) is 53.5 Å². The van der Waals surface area contributed by atoms with E-state index in [1.165, 1.54) is 29.2 Å². The maximum absolute atomic E-state index is 13.0. The summed E-state index contributed by atoms with van der Waals surface area (Å²) in [6, 6.07) is 10.9. The lowest BCUT2D eigenvalue weighted by Crippen LogP contribution is -2.33. The molecule has 0 saturated carbocycles. The summed E-state index contributed by atoms with van der Waals surface area (Å²) in [7, 11) is 0. The average Bonchev–Trinajstić information content (AvgIpc) is 2.91. The van der Waals surface area contributed by atoms with Crippen LogP contribution in [0.3, 0.4) is 0 Å². The lowest BCUT2D eigenvalue weighted by molar-refractivity contribution is -0.119. The van der Waals surface area contributed by atoms with Gasteiger partial charge in [0.25, 0.3) is 5.91 Å². The predicted octanol–water partition coefficient (Wildman–Crippen LogP) is 5.86. The highest BCUT2D eigenvalue weighted by Gasteiger charge is 2.43. The van der Waals surface area contributed by atoms with E-state index in [-0.39, 0.29) is 28.9 Å². The number of aromatic nitrogens is 1. The second-order valence-electron chi connectivity index (χ2n) is 6.93. The number of nitrogens with zero attached hydrogens (tertiary/aromatic N) is 3. The number of imide groups is 1. The monoisotopic (exact) mass is 465 g/mol. The van der Waals surface area contributed by atoms with E-state index in [1.54, 1.807) is 31.3 Å². The van der Waals surface area contributed by atoms with Crippen LogP contribution >= 0.6 is 23.4 Å². The van der Waals surface area contributed by atoms with Crippen molar-refractivity contribution in [2.75, 3.05) is 4.90 Å². The van der Waals surface area contributed by atoms with Crippen LogP contribution in [0.4, 0.5) is 23.7 Å². The smallest absolute Gasteiger partial charge is 0.308 e. The van der Waals surface area contributed by atoms with E-state index >= 15 is 0 Å². The van der Waals surface area contributed by atoms with E-state index in [1.807, 2.05) is 6.07 Å². The van der Waals surface area contributed by atoms with E-state index in [4.69, 9.17) is 11.6 Å². The fourth-order valence-corrected chi connectivity index (χ4v) is 4.16. The predicted molar refractivity (Wildman–Crippen MR) is 113 cm³/mol. The average molecular weight is 466 g/mol. The number of amides is 3. The molecule has 1 aliphatic rings. The molecule has 160 valence electrons. The van der Waals surface area contributed by atoms with Gasteiger partial charge < -0.3 is 4.90 Å². The quantitative estimate of drug-likeness (QED) is 0.358. The lowest BCUT2D eigenvalue weighted by Gasteiger charge is -2.20. The van der Waals surface area contributed by atoms with Crippen LogP contribution in [-0.4, -0.2) is 33.4 Å². The van der Waals surface area contributed by atoms with Gasteiger partial charge in [0.2, 0.25) is 0 Å². The van der Waals surface area contributed by atoms with E-state index in [9.17, 15) is 22.8 Å². The molecule has 0 aliphatic carbocycles. The van der Waals surface area contributed by atoms with Gasteiger partial charge in [-0.05, 0) is 66.7 Å². The molecule has 5 nitrogen and oxygen atoms in total. The number of hydrogen-bond acceptors (Lipinski definition) is 4. The number of fused-ring (bicyclic) bond motifs is 1. The first-order valence-corrected chi connectivity index (χ1v) is 10.4. The number of thioether (sulfide) groups is 1. The summed E-state index contributed by atoms with van der Waals surface area (Å²) in [4.78, 5) is 32.5. The SMILES string of the molecule is CC1C(=O)N(c2ccc(SC(F)(F)F)cc2)C(=O)N1Cc1ccnc2cc(Cl)ccc12. The van der Waals surface area contributed by atoms with Crippen molar-refractivity contribution in [1.82, 2.24) is 9.88 Å². The molecular formula is C21H15ClF3N3O2S. The van der Waals surface area contributed by atoms with Gasteiger partial charge in [-0.25, -0.2) is 9.69 Å². The van der Waals surface area contributed by atoms with Gasteiger partial charge in [0.1, 0.15) is 6.04 Å². The second-order valence-corrected chi connectivity index (χ2v) is 8.51. The Hall–Kier alpha value is -2.78. The Bertz CT molecular complexity index is 1170. The van der Waals surface area contributed by atoms with Crippen LogP contribution in [0.1, 0.15) is 12.5 Å². The van der Waals surface area contributed by atoms with E-state index in [0.717, 1.165) is 15.8 Å². The summed E-state index contributed by atoms with van der Waals surface area (Å²) in [6.45, 7) is 1.79. The third kappa shape index (κ3) is 4.33. The zero-order chi connectivity index (χ0) is 22.3. The van der Waals surface area contributed by atoms with Crippen molar-refractivity contribution in [3.8, 4) is 0 Å². The summed E-state index contributed by atoms with van der Waals surface area (Å²) in [5.41, 5.74) is -2.72. The molecule has 31 heavy (non-hydrogen) atoms. The fourth-order valence-electron chi connectivity index (χ4n) is 3.45. The molecule has 1 saturated heterocycles. The third-order valence-corrected chi connectivity index (χ3v) is 5.92. The van der Waals surface area contributed by atoms with Crippen LogP contribution in [0, 0.1) is 0 Å². The Morgan fingerprint density at radius 1 is 1.10 bits per heavy atom. The van der Waals surface area contributed by atoms with Gasteiger partial charge in [0.15, 0.2) is 0 Å². The highest BCUT2D eigenvalue weighted by molar-refractivity contribution is 8.00. The summed E-state index contributed by atoms with van der Waals surface area (Å²) in [5, 5.41) is 1.35. The molecule has 4 rings (SSSR count). The molecule has 1 fully saturated rings. The van der Waals surface area contributed by atoms with Crippen molar-refractivity contribution in [3.05, 3.63) is 65.3 Å². The molecule has 0 spiro atoms. The summed E-state index contributed by atoms with van der Waals surface area (Å²) in [6.07, 6.45) is 1.61. The standard InChI is InChI=1S/C21H15ClF3N3O2S/c1-12-19(29)28(15-3-5-16(6-4-15)31-21(23,24)25)20(30)27(12)11-13-8-9-26-18-10-14(22)2-7-17(13)18/h2-10,12H,11H2,1H3. The summed E-state index contributed by atoms with van der Waals surface area (Å²) in [5.74, 6) is -0.442. The molecule has 0 bridgehead atoms. The van der Waals surface area contributed by atoms with Crippen LogP contribution in [-0.2, 0) is 11.3 Å². The van der Waals surface area contributed by atoms with Gasteiger partial charge in [-0.3, -0.25) is 9.78 Å². The van der Waals surface area contributed by atoms with Crippen molar-refractivity contribution in [1.29, 1.82) is 0 Å². The number of carbonyl (C=O) groups is 2. The highest BCUT2D eigenvalue weighted by atomic mass is 35.5. The Kier molecular flexibility index (Phi) is 5.57.